The van der Waals surface area contributed by atoms with Crippen LogP contribution >= 0.6 is 15.9 Å². The lowest BCUT2D eigenvalue weighted by atomic mass is 10.0. The van der Waals surface area contributed by atoms with E-state index >= 15 is 0 Å². The average Bonchev–Trinajstić information content (AvgIpc) is 2.75. The maximum Gasteiger partial charge on any atom is 0.192 e. The van der Waals surface area contributed by atoms with Crippen LogP contribution in [0.3, 0.4) is 0 Å². The Kier molecular flexibility index (Phi) is 10.5. The molecule has 2 rings (SSSR count). The van der Waals surface area contributed by atoms with Crippen LogP contribution in [0.4, 0.5) is 0 Å². The minimum absolute atomic E-state index is 0.0131. The van der Waals surface area contributed by atoms with Crippen molar-refractivity contribution in [3.05, 3.63) is 65.2 Å². The van der Waals surface area contributed by atoms with E-state index in [1.165, 1.54) is 16.7 Å². The van der Waals surface area contributed by atoms with Gasteiger partial charge in [-0.15, -0.1) is 0 Å². The molecule has 0 radical (unpaired) electrons. The molecule has 0 saturated heterocycles. The zero-order chi connectivity index (χ0) is 26.5. The largest absolute Gasteiger partial charge is 0.489 e. The van der Waals surface area contributed by atoms with Gasteiger partial charge in [0.15, 0.2) is 16.6 Å². The van der Waals surface area contributed by atoms with Crippen LogP contribution in [-0.2, 0) is 21.9 Å². The predicted octanol–water partition coefficient (Wildman–Crippen LogP) is 9.29. The van der Waals surface area contributed by atoms with Crippen LogP contribution in [0.2, 0.25) is 36.3 Å². The highest BCUT2D eigenvalue weighted by molar-refractivity contribution is 9.09. The lowest BCUT2D eigenvalue weighted by Gasteiger charge is -2.39. The number of alkyl halides is 1. The van der Waals surface area contributed by atoms with Gasteiger partial charge >= 0.3 is 0 Å². The van der Waals surface area contributed by atoms with Crippen molar-refractivity contribution < 1.29 is 13.6 Å². The first-order valence-corrected chi connectivity index (χ1v) is 19.7. The molecule has 0 amide bonds. The van der Waals surface area contributed by atoms with Crippen molar-refractivity contribution in [2.24, 2.45) is 0 Å². The third-order valence-electron chi connectivity index (χ3n) is 7.72. The smallest absolute Gasteiger partial charge is 0.192 e. The van der Waals surface area contributed by atoms with Crippen LogP contribution in [0.1, 0.15) is 64.3 Å². The second-order valence-electron chi connectivity index (χ2n) is 12.5. The normalized spacial score (nSPS) is 14.1. The molecule has 0 aliphatic carbocycles. The minimum Gasteiger partial charge on any atom is -0.489 e. The Morgan fingerprint density at radius 1 is 0.829 bits per heavy atom. The Morgan fingerprint density at radius 3 is 1.97 bits per heavy atom. The van der Waals surface area contributed by atoms with Crippen molar-refractivity contribution in [1.82, 2.24) is 0 Å². The molecular formula is C29H47BrO3Si2. The molecule has 0 bridgehead atoms. The number of halogens is 1. The average molecular weight is 580 g/mol. The van der Waals surface area contributed by atoms with E-state index < -0.39 is 16.6 Å². The summed E-state index contributed by atoms with van der Waals surface area (Å²) in [6, 6.07) is 16.9. The van der Waals surface area contributed by atoms with E-state index in [1.807, 2.05) is 6.07 Å². The summed E-state index contributed by atoms with van der Waals surface area (Å²) >= 11 is 3.72. The van der Waals surface area contributed by atoms with Gasteiger partial charge in [0.1, 0.15) is 12.4 Å². The number of hydrogen-bond donors (Lipinski definition) is 0. The summed E-state index contributed by atoms with van der Waals surface area (Å²) < 4.78 is 19.6. The van der Waals surface area contributed by atoms with Gasteiger partial charge in [0.05, 0.1) is 6.10 Å². The van der Waals surface area contributed by atoms with Crippen LogP contribution in [0.15, 0.2) is 48.5 Å². The first-order valence-electron chi connectivity index (χ1n) is 12.7. The first-order chi connectivity index (χ1) is 16.1. The van der Waals surface area contributed by atoms with Gasteiger partial charge in [0, 0.05) is 11.9 Å². The number of hydrogen-bond acceptors (Lipinski definition) is 3. The van der Waals surface area contributed by atoms with Gasteiger partial charge in [-0.1, -0.05) is 93.9 Å². The molecule has 0 unspecified atom stereocenters. The minimum atomic E-state index is -1.91. The van der Waals surface area contributed by atoms with Gasteiger partial charge in [-0.2, -0.15) is 0 Å². The van der Waals surface area contributed by atoms with Gasteiger partial charge in [0.25, 0.3) is 0 Å². The standard InChI is InChI=1S/C29H47BrO3Si2/c1-28(2,3)34(7,8)32-19-18-25-20-24(27(21-30)33-35(9,10)29(4,5)6)16-17-26(25)31-22-23-14-12-11-13-15-23/h11-17,20,27H,18-19,21-22H2,1-10H3/t27-/m0/s1. The van der Waals surface area contributed by atoms with E-state index in [9.17, 15) is 0 Å². The van der Waals surface area contributed by atoms with Crippen molar-refractivity contribution in [3.8, 4) is 5.75 Å². The summed E-state index contributed by atoms with van der Waals surface area (Å²) in [5.74, 6) is 0.928. The highest BCUT2D eigenvalue weighted by atomic mass is 79.9. The van der Waals surface area contributed by atoms with Crippen molar-refractivity contribution in [2.45, 2.75) is 96.9 Å². The molecule has 0 aromatic heterocycles. The Morgan fingerprint density at radius 2 is 1.43 bits per heavy atom. The Bertz CT molecular complexity index is 931. The molecule has 0 aliphatic rings. The third kappa shape index (κ3) is 8.56. The van der Waals surface area contributed by atoms with Gasteiger partial charge in [-0.25, -0.2) is 0 Å². The van der Waals surface area contributed by atoms with Crippen LogP contribution in [0.5, 0.6) is 5.75 Å². The van der Waals surface area contributed by atoms with E-state index in [-0.39, 0.29) is 16.2 Å². The fourth-order valence-electron chi connectivity index (χ4n) is 3.22. The topological polar surface area (TPSA) is 27.7 Å². The molecule has 2 aromatic carbocycles. The van der Waals surface area contributed by atoms with Crippen molar-refractivity contribution in [2.75, 3.05) is 11.9 Å². The lowest BCUT2D eigenvalue weighted by molar-refractivity contribution is 0.208. The van der Waals surface area contributed by atoms with Crippen LogP contribution in [-0.4, -0.2) is 28.6 Å². The summed E-state index contributed by atoms with van der Waals surface area (Å²) in [6.07, 6.45) is 0.832. The molecule has 0 spiro atoms. The summed E-state index contributed by atoms with van der Waals surface area (Å²) in [4.78, 5) is 0. The lowest BCUT2D eigenvalue weighted by Crippen LogP contribution is -2.42. The summed E-state index contributed by atoms with van der Waals surface area (Å²) in [5.41, 5.74) is 3.54. The molecule has 2 aromatic rings. The zero-order valence-electron chi connectivity index (χ0n) is 23.6. The van der Waals surface area contributed by atoms with Gasteiger partial charge in [-0.05, 0) is 71.5 Å². The fourth-order valence-corrected chi connectivity index (χ4v) is 6.30. The summed E-state index contributed by atoms with van der Waals surface area (Å²) in [7, 11) is -3.72. The Labute approximate surface area is 225 Å². The Hall–Kier alpha value is -0.926. The first kappa shape index (κ1) is 30.3. The molecule has 0 aliphatic heterocycles. The van der Waals surface area contributed by atoms with E-state index in [1.54, 1.807) is 0 Å². The third-order valence-corrected chi connectivity index (χ3v) is 17.3. The van der Waals surface area contributed by atoms with Crippen LogP contribution in [0, 0.1) is 0 Å². The number of rotatable bonds is 11. The van der Waals surface area contributed by atoms with Crippen LogP contribution < -0.4 is 4.74 Å². The van der Waals surface area contributed by atoms with Gasteiger partial charge < -0.3 is 13.6 Å². The van der Waals surface area contributed by atoms with Crippen molar-refractivity contribution in [1.29, 1.82) is 0 Å². The van der Waals surface area contributed by atoms with Crippen molar-refractivity contribution >= 4 is 32.6 Å². The van der Waals surface area contributed by atoms with E-state index in [2.05, 4.69) is 126 Å². The number of benzene rings is 2. The van der Waals surface area contributed by atoms with Crippen LogP contribution in [0.25, 0.3) is 0 Å². The van der Waals surface area contributed by atoms with Crippen molar-refractivity contribution in [3.63, 3.8) is 0 Å². The fraction of sp³-hybridized carbons (Fsp3) is 0.586. The molecule has 0 heterocycles. The molecular weight excluding hydrogens is 532 g/mol. The monoisotopic (exact) mass is 578 g/mol. The van der Waals surface area contributed by atoms with Gasteiger partial charge in [-0.3, -0.25) is 0 Å². The molecule has 0 fully saturated rings. The SMILES string of the molecule is CC(C)(C)[Si](C)(C)OCCc1cc([C@H](CBr)O[Si](C)(C)C(C)(C)C)ccc1OCc1ccccc1. The second kappa shape index (κ2) is 12.1. The molecule has 0 N–H and O–H groups in total. The molecule has 3 nitrogen and oxygen atoms in total. The zero-order valence-corrected chi connectivity index (χ0v) is 27.2. The number of ether oxygens (including phenoxy) is 1. The Balaban J connectivity index is 2.29. The summed E-state index contributed by atoms with van der Waals surface area (Å²) in [5, 5.41) is 1.12. The highest BCUT2D eigenvalue weighted by Gasteiger charge is 2.39. The molecule has 35 heavy (non-hydrogen) atoms. The molecule has 0 saturated carbocycles. The predicted molar refractivity (Wildman–Crippen MR) is 159 cm³/mol. The van der Waals surface area contributed by atoms with Gasteiger partial charge in [0.2, 0.25) is 0 Å². The molecule has 196 valence electrons. The van der Waals surface area contributed by atoms with E-state index in [0.29, 0.717) is 13.2 Å². The molecule has 1 atom stereocenters. The van der Waals surface area contributed by atoms with E-state index in [4.69, 9.17) is 13.6 Å². The highest BCUT2D eigenvalue weighted by Crippen LogP contribution is 2.41. The maximum absolute atomic E-state index is 6.79. The summed E-state index contributed by atoms with van der Waals surface area (Å²) in [6.45, 7) is 24.2. The molecule has 6 heteroatoms. The second-order valence-corrected chi connectivity index (χ2v) is 22.7. The maximum atomic E-state index is 6.79. The van der Waals surface area contributed by atoms with E-state index in [0.717, 1.165) is 17.5 Å². The quantitative estimate of drug-likeness (QED) is 0.196.